The smallest absolute Gasteiger partial charge is 0.0351 e. The van der Waals surface area contributed by atoms with Gasteiger partial charge in [0.15, 0.2) is 0 Å². The molecule has 1 nitrogen and oxygen atoms in total. The lowest BCUT2D eigenvalue weighted by Gasteiger charge is -2.26. The Balaban J connectivity index is 2.27. The molecule has 0 heterocycles. The molecule has 0 unspecified atom stereocenters. The van der Waals surface area contributed by atoms with Gasteiger partial charge in [0.2, 0.25) is 0 Å². The van der Waals surface area contributed by atoms with E-state index in [2.05, 4.69) is 11.8 Å². The fourth-order valence-corrected chi connectivity index (χ4v) is 2.19. The van der Waals surface area contributed by atoms with Gasteiger partial charge in [0, 0.05) is 18.5 Å². The first-order valence-corrected chi connectivity index (χ1v) is 5.22. The SMILES string of the molecule is CCN(CCCl)C1CCCC1. The van der Waals surface area contributed by atoms with E-state index in [-0.39, 0.29) is 0 Å². The van der Waals surface area contributed by atoms with Crippen LogP contribution in [-0.2, 0) is 0 Å². The van der Waals surface area contributed by atoms with Gasteiger partial charge in [-0.25, -0.2) is 0 Å². The van der Waals surface area contributed by atoms with E-state index in [1.54, 1.807) is 0 Å². The van der Waals surface area contributed by atoms with Crippen LogP contribution in [0.5, 0.6) is 0 Å². The number of halogens is 1. The first-order chi connectivity index (χ1) is 5.38. The number of nitrogens with zero attached hydrogens (tertiary/aromatic N) is 1. The van der Waals surface area contributed by atoms with E-state index >= 15 is 0 Å². The molecule has 1 rings (SSSR count). The average Bonchev–Trinajstić information content (AvgIpc) is 2.52. The Morgan fingerprint density at radius 2 is 2.00 bits per heavy atom. The van der Waals surface area contributed by atoms with Crippen LogP contribution in [0.15, 0.2) is 0 Å². The summed E-state index contributed by atoms with van der Waals surface area (Å²) in [5.41, 5.74) is 0. The second-order valence-corrected chi connectivity index (χ2v) is 3.63. The summed E-state index contributed by atoms with van der Waals surface area (Å²) in [6.07, 6.45) is 5.63. The molecule has 1 aliphatic carbocycles. The highest BCUT2D eigenvalue weighted by Crippen LogP contribution is 2.22. The lowest BCUT2D eigenvalue weighted by Crippen LogP contribution is -2.34. The average molecular weight is 176 g/mol. The van der Waals surface area contributed by atoms with Gasteiger partial charge in [-0.05, 0) is 19.4 Å². The third kappa shape index (κ3) is 2.64. The molecule has 0 radical (unpaired) electrons. The quantitative estimate of drug-likeness (QED) is 0.594. The summed E-state index contributed by atoms with van der Waals surface area (Å²) in [6.45, 7) is 4.46. The number of alkyl halides is 1. The van der Waals surface area contributed by atoms with Crippen LogP contribution in [0.1, 0.15) is 32.6 Å². The zero-order valence-electron chi connectivity index (χ0n) is 7.35. The van der Waals surface area contributed by atoms with Gasteiger partial charge in [0.05, 0.1) is 0 Å². The van der Waals surface area contributed by atoms with Crippen molar-refractivity contribution >= 4 is 11.6 Å². The van der Waals surface area contributed by atoms with Crippen molar-refractivity contribution in [1.82, 2.24) is 4.90 Å². The Labute approximate surface area is 74.7 Å². The van der Waals surface area contributed by atoms with Crippen molar-refractivity contribution < 1.29 is 0 Å². The molecule has 1 fully saturated rings. The molecule has 0 aromatic carbocycles. The molecule has 0 aromatic heterocycles. The van der Waals surface area contributed by atoms with Gasteiger partial charge in [0.25, 0.3) is 0 Å². The lowest BCUT2D eigenvalue weighted by molar-refractivity contribution is 0.221. The van der Waals surface area contributed by atoms with Gasteiger partial charge in [-0.1, -0.05) is 19.8 Å². The van der Waals surface area contributed by atoms with Crippen molar-refractivity contribution in [2.45, 2.75) is 38.6 Å². The fraction of sp³-hybridized carbons (Fsp3) is 1.00. The highest BCUT2D eigenvalue weighted by atomic mass is 35.5. The van der Waals surface area contributed by atoms with Gasteiger partial charge in [-0.15, -0.1) is 11.6 Å². The summed E-state index contributed by atoms with van der Waals surface area (Å²) in [7, 11) is 0. The molecule has 0 saturated heterocycles. The summed E-state index contributed by atoms with van der Waals surface area (Å²) >= 11 is 5.71. The lowest BCUT2D eigenvalue weighted by atomic mass is 10.2. The molecule has 0 atom stereocenters. The number of rotatable bonds is 4. The van der Waals surface area contributed by atoms with Gasteiger partial charge in [-0.3, -0.25) is 4.90 Å². The van der Waals surface area contributed by atoms with E-state index < -0.39 is 0 Å². The van der Waals surface area contributed by atoms with E-state index in [9.17, 15) is 0 Å². The number of hydrogen-bond acceptors (Lipinski definition) is 1. The Morgan fingerprint density at radius 3 is 2.45 bits per heavy atom. The molecule has 0 aromatic rings. The van der Waals surface area contributed by atoms with Gasteiger partial charge in [0.1, 0.15) is 0 Å². The Morgan fingerprint density at radius 1 is 1.36 bits per heavy atom. The maximum Gasteiger partial charge on any atom is 0.0351 e. The molecule has 2 heteroatoms. The van der Waals surface area contributed by atoms with E-state index in [4.69, 9.17) is 11.6 Å². The zero-order valence-corrected chi connectivity index (χ0v) is 8.11. The molecule has 1 saturated carbocycles. The van der Waals surface area contributed by atoms with Crippen molar-refractivity contribution in [2.24, 2.45) is 0 Å². The molecule has 0 N–H and O–H groups in total. The predicted molar refractivity (Wildman–Crippen MR) is 50.2 cm³/mol. The minimum Gasteiger partial charge on any atom is -0.299 e. The fourth-order valence-electron chi connectivity index (χ4n) is 1.98. The normalized spacial score (nSPS) is 19.9. The van der Waals surface area contributed by atoms with E-state index in [0.29, 0.717) is 0 Å². The van der Waals surface area contributed by atoms with Gasteiger partial charge < -0.3 is 0 Å². The first-order valence-electron chi connectivity index (χ1n) is 4.68. The Hall–Kier alpha value is 0.250. The molecule has 66 valence electrons. The maximum atomic E-state index is 5.71. The van der Waals surface area contributed by atoms with Crippen LogP contribution in [-0.4, -0.2) is 29.9 Å². The predicted octanol–water partition coefficient (Wildman–Crippen LogP) is 2.49. The van der Waals surface area contributed by atoms with Gasteiger partial charge >= 0.3 is 0 Å². The van der Waals surface area contributed by atoms with Crippen molar-refractivity contribution in [1.29, 1.82) is 0 Å². The van der Waals surface area contributed by atoms with E-state index in [0.717, 1.165) is 25.0 Å². The highest BCUT2D eigenvalue weighted by Gasteiger charge is 2.20. The summed E-state index contributed by atoms with van der Waals surface area (Å²) in [5.74, 6) is 0.782. The molecular formula is C9H18ClN. The van der Waals surface area contributed by atoms with Crippen LogP contribution in [0.4, 0.5) is 0 Å². The third-order valence-corrected chi connectivity index (χ3v) is 2.79. The van der Waals surface area contributed by atoms with Crippen molar-refractivity contribution in [3.05, 3.63) is 0 Å². The third-order valence-electron chi connectivity index (χ3n) is 2.62. The van der Waals surface area contributed by atoms with Crippen LogP contribution in [0.3, 0.4) is 0 Å². The van der Waals surface area contributed by atoms with Gasteiger partial charge in [-0.2, -0.15) is 0 Å². The topological polar surface area (TPSA) is 3.24 Å². The molecule has 0 spiro atoms. The largest absolute Gasteiger partial charge is 0.299 e. The second kappa shape index (κ2) is 5.00. The summed E-state index contributed by atoms with van der Waals surface area (Å²) in [5, 5.41) is 0. The molecule has 0 aliphatic heterocycles. The van der Waals surface area contributed by atoms with E-state index in [1.165, 1.54) is 25.7 Å². The minimum atomic E-state index is 0.782. The first kappa shape index (κ1) is 9.34. The van der Waals surface area contributed by atoms with E-state index in [1.807, 2.05) is 0 Å². The summed E-state index contributed by atoms with van der Waals surface area (Å²) < 4.78 is 0. The molecule has 1 aliphatic rings. The number of hydrogen-bond donors (Lipinski definition) is 0. The minimum absolute atomic E-state index is 0.782. The molecule has 0 bridgehead atoms. The van der Waals surface area contributed by atoms with Crippen molar-refractivity contribution in [2.75, 3.05) is 19.0 Å². The second-order valence-electron chi connectivity index (χ2n) is 3.26. The summed E-state index contributed by atoms with van der Waals surface area (Å²) in [6, 6.07) is 0.846. The Bertz CT molecular complexity index is 99.7. The highest BCUT2D eigenvalue weighted by molar-refractivity contribution is 6.18. The van der Waals surface area contributed by atoms with Crippen molar-refractivity contribution in [3.63, 3.8) is 0 Å². The van der Waals surface area contributed by atoms with Crippen LogP contribution < -0.4 is 0 Å². The summed E-state index contributed by atoms with van der Waals surface area (Å²) in [4.78, 5) is 2.51. The maximum absolute atomic E-state index is 5.71. The molecular weight excluding hydrogens is 158 g/mol. The van der Waals surface area contributed by atoms with Crippen LogP contribution in [0.2, 0.25) is 0 Å². The standard InChI is InChI=1S/C9H18ClN/c1-2-11(8-7-10)9-5-3-4-6-9/h9H,2-8H2,1H3. The molecule has 11 heavy (non-hydrogen) atoms. The van der Waals surface area contributed by atoms with Crippen LogP contribution >= 0.6 is 11.6 Å². The monoisotopic (exact) mass is 175 g/mol. The van der Waals surface area contributed by atoms with Crippen LogP contribution in [0.25, 0.3) is 0 Å². The van der Waals surface area contributed by atoms with Crippen LogP contribution in [0, 0.1) is 0 Å². The Kier molecular flexibility index (Phi) is 4.24. The zero-order chi connectivity index (χ0) is 8.10. The van der Waals surface area contributed by atoms with Crippen molar-refractivity contribution in [3.8, 4) is 0 Å². The molecule has 0 amide bonds.